The SMILES string of the molecule is Cc1ccc(C2=C(SCc3ccco3)C(=O)N(c3ccc(F)cc3)C2=O)cc1. The summed E-state index contributed by atoms with van der Waals surface area (Å²) in [6.07, 6.45) is 1.57. The van der Waals surface area contributed by atoms with E-state index in [0.29, 0.717) is 33.2 Å². The van der Waals surface area contributed by atoms with Gasteiger partial charge in [-0.3, -0.25) is 9.59 Å². The smallest absolute Gasteiger partial charge is 0.272 e. The van der Waals surface area contributed by atoms with Crippen molar-refractivity contribution in [1.82, 2.24) is 0 Å². The Hall–Kier alpha value is -3.12. The number of hydrogen-bond acceptors (Lipinski definition) is 4. The van der Waals surface area contributed by atoms with Crippen LogP contribution in [0, 0.1) is 12.7 Å². The molecular formula is C22H16FNO3S. The second kappa shape index (κ2) is 7.48. The number of furan rings is 1. The van der Waals surface area contributed by atoms with Gasteiger partial charge in [0.25, 0.3) is 11.8 Å². The van der Waals surface area contributed by atoms with Crippen molar-refractivity contribution in [1.29, 1.82) is 0 Å². The Morgan fingerprint density at radius 1 is 0.964 bits per heavy atom. The molecule has 0 aliphatic carbocycles. The zero-order valence-corrected chi connectivity index (χ0v) is 15.8. The fraction of sp³-hybridized carbons (Fsp3) is 0.0909. The van der Waals surface area contributed by atoms with Crippen molar-refractivity contribution in [2.24, 2.45) is 0 Å². The normalized spacial score (nSPS) is 14.3. The molecule has 0 N–H and O–H groups in total. The van der Waals surface area contributed by atoms with Crippen LogP contribution >= 0.6 is 11.8 Å². The predicted molar refractivity (Wildman–Crippen MR) is 107 cm³/mol. The van der Waals surface area contributed by atoms with E-state index in [1.54, 1.807) is 12.3 Å². The van der Waals surface area contributed by atoms with Gasteiger partial charge in [0.05, 0.1) is 28.2 Å². The van der Waals surface area contributed by atoms with Crippen LogP contribution in [-0.2, 0) is 15.3 Å². The first-order chi connectivity index (χ1) is 13.5. The average molecular weight is 393 g/mol. The lowest BCUT2D eigenvalue weighted by molar-refractivity contribution is -0.119. The van der Waals surface area contributed by atoms with E-state index in [1.165, 1.54) is 36.0 Å². The minimum atomic E-state index is -0.429. The molecule has 3 aromatic rings. The largest absolute Gasteiger partial charge is 0.468 e. The highest BCUT2D eigenvalue weighted by Crippen LogP contribution is 2.39. The molecule has 2 amide bonds. The van der Waals surface area contributed by atoms with Crippen LogP contribution in [0.1, 0.15) is 16.9 Å². The van der Waals surface area contributed by atoms with Crippen LogP contribution in [0.5, 0.6) is 0 Å². The molecule has 28 heavy (non-hydrogen) atoms. The number of rotatable bonds is 5. The minimum absolute atomic E-state index is 0.342. The van der Waals surface area contributed by atoms with E-state index in [2.05, 4.69) is 0 Å². The monoisotopic (exact) mass is 393 g/mol. The van der Waals surface area contributed by atoms with Gasteiger partial charge < -0.3 is 4.42 Å². The summed E-state index contributed by atoms with van der Waals surface area (Å²) in [5, 5.41) is 0. The maximum atomic E-state index is 13.3. The Kier molecular flexibility index (Phi) is 4.88. The maximum Gasteiger partial charge on any atom is 0.272 e. The third-order valence-electron chi connectivity index (χ3n) is 4.41. The van der Waals surface area contributed by atoms with Crippen LogP contribution in [0.3, 0.4) is 0 Å². The number of carbonyl (C=O) groups excluding carboxylic acids is 2. The predicted octanol–water partition coefficient (Wildman–Crippen LogP) is 4.95. The topological polar surface area (TPSA) is 50.5 Å². The van der Waals surface area contributed by atoms with Gasteiger partial charge in [0.1, 0.15) is 11.6 Å². The lowest BCUT2D eigenvalue weighted by atomic mass is 10.0. The van der Waals surface area contributed by atoms with Gasteiger partial charge in [0.2, 0.25) is 0 Å². The van der Waals surface area contributed by atoms with E-state index in [0.717, 1.165) is 10.5 Å². The molecule has 0 atom stereocenters. The minimum Gasteiger partial charge on any atom is -0.468 e. The maximum absolute atomic E-state index is 13.3. The van der Waals surface area contributed by atoms with Gasteiger partial charge in [-0.05, 0) is 48.9 Å². The standard InChI is InChI=1S/C22H16FNO3S/c1-14-4-6-15(7-5-14)19-20(28-13-18-3-2-12-27-18)22(26)24(21(19)25)17-10-8-16(23)9-11-17/h2-12H,13H2,1H3. The van der Waals surface area contributed by atoms with Crippen LogP contribution < -0.4 is 4.90 Å². The Labute approximate surface area is 165 Å². The molecule has 0 unspecified atom stereocenters. The van der Waals surface area contributed by atoms with Crippen LogP contribution in [0.4, 0.5) is 10.1 Å². The van der Waals surface area contributed by atoms with Crippen LogP contribution in [0.15, 0.2) is 76.2 Å². The summed E-state index contributed by atoms with van der Waals surface area (Å²) in [4.78, 5) is 27.7. The number of aryl methyl sites for hydroxylation is 1. The van der Waals surface area contributed by atoms with Crippen LogP contribution in [-0.4, -0.2) is 11.8 Å². The summed E-state index contributed by atoms with van der Waals surface area (Å²) in [6.45, 7) is 1.96. The Morgan fingerprint density at radius 3 is 2.32 bits per heavy atom. The second-order valence-corrected chi connectivity index (χ2v) is 7.35. The number of imide groups is 1. The highest BCUT2D eigenvalue weighted by molar-refractivity contribution is 8.03. The lowest BCUT2D eigenvalue weighted by Crippen LogP contribution is -2.31. The van der Waals surface area contributed by atoms with Gasteiger partial charge in [0, 0.05) is 0 Å². The number of anilines is 1. The number of amides is 2. The Balaban J connectivity index is 1.74. The number of hydrogen-bond donors (Lipinski definition) is 0. The molecule has 2 heterocycles. The quantitative estimate of drug-likeness (QED) is 0.576. The number of benzene rings is 2. The number of halogens is 1. The van der Waals surface area contributed by atoms with E-state index in [-0.39, 0.29) is 0 Å². The summed E-state index contributed by atoms with van der Waals surface area (Å²) >= 11 is 1.26. The van der Waals surface area contributed by atoms with Crippen molar-refractivity contribution in [3.8, 4) is 0 Å². The summed E-state index contributed by atoms with van der Waals surface area (Å²) in [5.74, 6) is -0.122. The first kappa shape index (κ1) is 18.3. The van der Waals surface area contributed by atoms with Gasteiger partial charge in [0.15, 0.2) is 0 Å². The molecule has 0 spiro atoms. The molecule has 0 fully saturated rings. The molecule has 1 aromatic heterocycles. The average Bonchev–Trinajstić information content (AvgIpc) is 3.28. The molecule has 0 saturated heterocycles. The van der Waals surface area contributed by atoms with Gasteiger partial charge in [-0.15, -0.1) is 11.8 Å². The molecule has 0 radical (unpaired) electrons. The summed E-state index contributed by atoms with van der Waals surface area (Å²) in [7, 11) is 0. The highest BCUT2D eigenvalue weighted by Gasteiger charge is 2.40. The first-order valence-electron chi connectivity index (χ1n) is 8.65. The molecule has 1 aliphatic heterocycles. The van der Waals surface area contributed by atoms with Crippen molar-refractivity contribution >= 4 is 34.8 Å². The second-order valence-electron chi connectivity index (χ2n) is 6.36. The molecule has 6 heteroatoms. The molecular weight excluding hydrogens is 377 g/mol. The molecule has 0 saturated carbocycles. The van der Waals surface area contributed by atoms with Crippen molar-refractivity contribution < 1.29 is 18.4 Å². The van der Waals surface area contributed by atoms with Crippen molar-refractivity contribution in [2.45, 2.75) is 12.7 Å². The van der Waals surface area contributed by atoms with E-state index < -0.39 is 17.6 Å². The van der Waals surface area contributed by atoms with Gasteiger partial charge in [-0.25, -0.2) is 9.29 Å². The fourth-order valence-electron chi connectivity index (χ4n) is 2.98. The third kappa shape index (κ3) is 3.39. The highest BCUT2D eigenvalue weighted by atomic mass is 32.2. The summed E-state index contributed by atoms with van der Waals surface area (Å²) in [6, 6.07) is 16.4. The molecule has 4 rings (SSSR count). The molecule has 140 valence electrons. The molecule has 4 nitrogen and oxygen atoms in total. The van der Waals surface area contributed by atoms with Gasteiger partial charge in [-0.2, -0.15) is 0 Å². The summed E-state index contributed by atoms with van der Waals surface area (Å²) in [5.41, 5.74) is 2.43. The zero-order valence-electron chi connectivity index (χ0n) is 15.0. The van der Waals surface area contributed by atoms with Gasteiger partial charge >= 0.3 is 0 Å². The van der Waals surface area contributed by atoms with E-state index in [4.69, 9.17) is 4.42 Å². The van der Waals surface area contributed by atoms with Crippen molar-refractivity contribution in [2.75, 3.05) is 4.90 Å². The van der Waals surface area contributed by atoms with Crippen molar-refractivity contribution in [3.63, 3.8) is 0 Å². The van der Waals surface area contributed by atoms with E-state index in [9.17, 15) is 14.0 Å². The van der Waals surface area contributed by atoms with Crippen molar-refractivity contribution in [3.05, 3.63) is 94.5 Å². The Morgan fingerprint density at radius 2 is 1.68 bits per heavy atom. The Bertz CT molecular complexity index is 1050. The molecule has 1 aliphatic rings. The first-order valence-corrected chi connectivity index (χ1v) is 9.64. The van der Waals surface area contributed by atoms with E-state index >= 15 is 0 Å². The van der Waals surface area contributed by atoms with Crippen LogP contribution in [0.25, 0.3) is 5.57 Å². The third-order valence-corrected chi connectivity index (χ3v) is 5.50. The molecule has 0 bridgehead atoms. The molecule has 2 aromatic carbocycles. The van der Waals surface area contributed by atoms with E-state index in [1.807, 2.05) is 37.3 Å². The number of nitrogens with zero attached hydrogens (tertiary/aromatic N) is 1. The fourth-order valence-corrected chi connectivity index (χ4v) is 4.00. The number of carbonyl (C=O) groups is 2. The lowest BCUT2D eigenvalue weighted by Gasteiger charge is -2.15. The van der Waals surface area contributed by atoms with Gasteiger partial charge in [-0.1, -0.05) is 29.8 Å². The zero-order chi connectivity index (χ0) is 19.7. The summed E-state index contributed by atoms with van der Waals surface area (Å²) < 4.78 is 18.6. The van der Waals surface area contributed by atoms with Crippen LogP contribution in [0.2, 0.25) is 0 Å². The number of thioether (sulfide) groups is 1.